The zero-order chi connectivity index (χ0) is 16.8. The molecule has 0 bridgehead atoms. The molecular weight excluding hydrogens is 284 g/mol. The van der Waals surface area contributed by atoms with Crippen molar-refractivity contribution in [2.24, 2.45) is 29.1 Å². The van der Waals surface area contributed by atoms with Crippen molar-refractivity contribution in [2.75, 3.05) is 0 Å². The van der Waals surface area contributed by atoms with Crippen molar-refractivity contribution in [1.82, 2.24) is 0 Å². The third-order valence-electron chi connectivity index (χ3n) is 6.73. The summed E-state index contributed by atoms with van der Waals surface area (Å²) in [5.74, 6) is 2.42. The Labute approximate surface area is 139 Å². The van der Waals surface area contributed by atoms with E-state index in [1.807, 2.05) is 6.08 Å². The van der Waals surface area contributed by atoms with E-state index in [9.17, 15) is 9.59 Å². The van der Waals surface area contributed by atoms with E-state index < -0.39 is 0 Å². The molecule has 0 radical (unpaired) electrons. The molecule has 2 nitrogen and oxygen atoms in total. The standard InChI is InChI=1S/C21H28O2/c1-13-5-6-16(22)12-17(13)15(3)11-18-14(2)9-10-21(4)19(18)7-8-20(21)23/h5-6,12-14,18-19H,3,7-11H2,1-2,4H3/t13-,14?,18?,19?,21+/m1/s1. The quantitative estimate of drug-likeness (QED) is 0.759. The van der Waals surface area contributed by atoms with Crippen LogP contribution in [0.15, 0.2) is 36.0 Å². The van der Waals surface area contributed by atoms with Gasteiger partial charge >= 0.3 is 0 Å². The summed E-state index contributed by atoms with van der Waals surface area (Å²) in [5.41, 5.74) is 2.07. The zero-order valence-electron chi connectivity index (χ0n) is 14.6. The van der Waals surface area contributed by atoms with Crippen LogP contribution < -0.4 is 0 Å². The number of ketones is 2. The van der Waals surface area contributed by atoms with Gasteiger partial charge in [0.05, 0.1) is 0 Å². The molecule has 0 aromatic rings. The van der Waals surface area contributed by atoms with Gasteiger partial charge in [0.2, 0.25) is 0 Å². The van der Waals surface area contributed by atoms with Crippen molar-refractivity contribution in [3.63, 3.8) is 0 Å². The number of Topliss-reactive ketones (excluding diaryl/α,β-unsaturated/α-hetero) is 1. The predicted octanol–water partition coefficient (Wildman–Crippen LogP) is 4.67. The normalized spacial score (nSPS) is 40.0. The van der Waals surface area contributed by atoms with Crippen LogP contribution in [0.2, 0.25) is 0 Å². The van der Waals surface area contributed by atoms with Crippen molar-refractivity contribution in [1.29, 1.82) is 0 Å². The Morgan fingerprint density at radius 3 is 2.78 bits per heavy atom. The molecule has 124 valence electrons. The Hall–Kier alpha value is -1.44. The lowest BCUT2D eigenvalue weighted by molar-refractivity contribution is -0.129. The minimum atomic E-state index is -0.111. The Morgan fingerprint density at radius 1 is 1.30 bits per heavy atom. The number of carbonyl (C=O) groups is 2. The third kappa shape index (κ3) is 2.77. The Bertz CT molecular complexity index is 609. The molecule has 2 fully saturated rings. The molecule has 0 heterocycles. The Kier molecular flexibility index (Phi) is 4.20. The van der Waals surface area contributed by atoms with E-state index in [-0.39, 0.29) is 17.1 Å². The molecule has 3 aliphatic carbocycles. The molecule has 0 spiro atoms. The predicted molar refractivity (Wildman–Crippen MR) is 92.9 cm³/mol. The summed E-state index contributed by atoms with van der Waals surface area (Å²) in [6.45, 7) is 10.9. The van der Waals surface area contributed by atoms with Crippen molar-refractivity contribution in [3.8, 4) is 0 Å². The fourth-order valence-corrected chi connectivity index (χ4v) is 5.09. The second kappa shape index (κ2) is 5.89. The number of allylic oxidation sites excluding steroid dienone is 5. The average Bonchev–Trinajstić information content (AvgIpc) is 2.81. The molecule has 3 rings (SSSR count). The van der Waals surface area contributed by atoms with Gasteiger partial charge in [-0.05, 0) is 67.1 Å². The maximum absolute atomic E-state index is 12.4. The first-order chi connectivity index (χ1) is 10.8. The van der Waals surface area contributed by atoms with E-state index in [0.717, 1.165) is 43.3 Å². The molecule has 2 heteroatoms. The highest BCUT2D eigenvalue weighted by molar-refractivity contribution is 6.01. The molecule has 0 N–H and O–H groups in total. The number of fused-ring (bicyclic) bond motifs is 1. The van der Waals surface area contributed by atoms with E-state index >= 15 is 0 Å². The highest BCUT2D eigenvalue weighted by Gasteiger charge is 2.52. The van der Waals surface area contributed by atoms with Gasteiger partial charge in [0.1, 0.15) is 5.78 Å². The van der Waals surface area contributed by atoms with Gasteiger partial charge in [-0.25, -0.2) is 0 Å². The minimum absolute atomic E-state index is 0.0665. The lowest BCUT2D eigenvalue weighted by Gasteiger charge is -2.45. The average molecular weight is 312 g/mol. The summed E-state index contributed by atoms with van der Waals surface area (Å²) in [4.78, 5) is 24.1. The van der Waals surface area contributed by atoms with Crippen molar-refractivity contribution in [3.05, 3.63) is 36.0 Å². The Morgan fingerprint density at radius 2 is 2.04 bits per heavy atom. The van der Waals surface area contributed by atoms with Crippen molar-refractivity contribution < 1.29 is 9.59 Å². The lowest BCUT2D eigenvalue weighted by atomic mass is 9.59. The largest absolute Gasteiger partial charge is 0.299 e. The zero-order valence-corrected chi connectivity index (χ0v) is 14.6. The van der Waals surface area contributed by atoms with Crippen LogP contribution in [0.4, 0.5) is 0 Å². The van der Waals surface area contributed by atoms with Crippen molar-refractivity contribution >= 4 is 11.6 Å². The van der Waals surface area contributed by atoms with Crippen LogP contribution in [0.25, 0.3) is 0 Å². The maximum atomic E-state index is 12.4. The highest BCUT2D eigenvalue weighted by atomic mass is 16.1. The van der Waals surface area contributed by atoms with Gasteiger partial charge in [-0.1, -0.05) is 39.0 Å². The molecule has 0 saturated heterocycles. The minimum Gasteiger partial charge on any atom is -0.299 e. The van der Waals surface area contributed by atoms with E-state index in [0.29, 0.717) is 23.5 Å². The first-order valence-electron chi connectivity index (χ1n) is 8.98. The second-order valence-corrected chi connectivity index (χ2v) is 8.12. The molecule has 23 heavy (non-hydrogen) atoms. The fraction of sp³-hybridized carbons (Fsp3) is 0.619. The van der Waals surface area contributed by atoms with Crippen LogP contribution in [0, 0.1) is 29.1 Å². The molecule has 3 unspecified atom stereocenters. The van der Waals surface area contributed by atoms with Gasteiger partial charge in [0.25, 0.3) is 0 Å². The molecule has 0 aliphatic heterocycles. The van der Waals surface area contributed by atoms with Gasteiger partial charge in [0.15, 0.2) is 5.78 Å². The molecule has 0 amide bonds. The smallest absolute Gasteiger partial charge is 0.178 e. The van der Waals surface area contributed by atoms with Gasteiger partial charge in [-0.3, -0.25) is 9.59 Å². The van der Waals surface area contributed by atoms with Crippen LogP contribution in [-0.4, -0.2) is 11.6 Å². The second-order valence-electron chi connectivity index (χ2n) is 8.12. The molecule has 2 saturated carbocycles. The number of hydrogen-bond donors (Lipinski definition) is 0. The summed E-state index contributed by atoms with van der Waals surface area (Å²) < 4.78 is 0. The maximum Gasteiger partial charge on any atom is 0.178 e. The molecule has 3 aliphatic rings. The summed E-state index contributed by atoms with van der Waals surface area (Å²) in [7, 11) is 0. The molecule has 5 atom stereocenters. The third-order valence-corrected chi connectivity index (χ3v) is 6.73. The lowest BCUT2D eigenvalue weighted by Crippen LogP contribution is -2.41. The van der Waals surface area contributed by atoms with E-state index in [2.05, 4.69) is 27.4 Å². The van der Waals surface area contributed by atoms with Crippen LogP contribution in [0.3, 0.4) is 0 Å². The van der Waals surface area contributed by atoms with E-state index in [1.165, 1.54) is 0 Å². The topological polar surface area (TPSA) is 34.1 Å². The summed E-state index contributed by atoms with van der Waals surface area (Å²) in [5, 5.41) is 0. The van der Waals surface area contributed by atoms with E-state index in [1.54, 1.807) is 12.2 Å². The summed E-state index contributed by atoms with van der Waals surface area (Å²) >= 11 is 0. The number of carbonyl (C=O) groups excluding carboxylic acids is 2. The van der Waals surface area contributed by atoms with Crippen LogP contribution >= 0.6 is 0 Å². The van der Waals surface area contributed by atoms with Gasteiger partial charge < -0.3 is 0 Å². The first-order valence-corrected chi connectivity index (χ1v) is 8.98. The SMILES string of the molecule is C=C(CC1C(C)CC[C@]2(C)C(=O)CCC12)C1=CC(=O)C=C[C@H]1C. The monoisotopic (exact) mass is 312 g/mol. The summed E-state index contributed by atoms with van der Waals surface area (Å²) in [6.07, 6.45) is 10.2. The van der Waals surface area contributed by atoms with E-state index in [4.69, 9.17) is 0 Å². The van der Waals surface area contributed by atoms with Gasteiger partial charge in [-0.15, -0.1) is 0 Å². The number of rotatable bonds is 3. The van der Waals surface area contributed by atoms with Crippen LogP contribution in [0.1, 0.15) is 52.9 Å². The number of hydrogen-bond acceptors (Lipinski definition) is 2. The Balaban J connectivity index is 1.79. The van der Waals surface area contributed by atoms with Gasteiger partial charge in [0, 0.05) is 11.8 Å². The fourth-order valence-electron chi connectivity index (χ4n) is 5.09. The molecular formula is C21H28O2. The molecule has 0 aromatic heterocycles. The summed E-state index contributed by atoms with van der Waals surface area (Å²) in [6, 6.07) is 0. The van der Waals surface area contributed by atoms with Gasteiger partial charge in [-0.2, -0.15) is 0 Å². The highest BCUT2D eigenvalue weighted by Crippen LogP contribution is 2.55. The first kappa shape index (κ1) is 16.4. The van der Waals surface area contributed by atoms with Crippen LogP contribution in [-0.2, 0) is 9.59 Å². The molecule has 0 aromatic carbocycles. The van der Waals surface area contributed by atoms with Crippen molar-refractivity contribution in [2.45, 2.75) is 52.9 Å². The van der Waals surface area contributed by atoms with Crippen LogP contribution in [0.5, 0.6) is 0 Å².